The van der Waals surface area contributed by atoms with E-state index in [2.05, 4.69) is 20.9 Å². The molecule has 2 aromatic heterocycles. The Labute approximate surface area is 215 Å². The lowest BCUT2D eigenvalue weighted by Gasteiger charge is -2.08. The second kappa shape index (κ2) is 10.3. The third-order valence-electron chi connectivity index (χ3n) is 5.33. The van der Waals surface area contributed by atoms with E-state index in [1.54, 1.807) is 49.4 Å². The van der Waals surface area contributed by atoms with Crippen molar-refractivity contribution in [3.63, 3.8) is 0 Å². The smallest absolute Gasteiger partial charge is 0.266 e. The molecule has 11 heteroatoms. The predicted molar refractivity (Wildman–Crippen MR) is 142 cm³/mol. The topological polar surface area (TPSA) is 122 Å². The molecule has 0 atom stereocenters. The Hall–Kier alpha value is -4.02. The summed E-state index contributed by atoms with van der Waals surface area (Å²) in [6, 6.07) is 11.9. The highest BCUT2D eigenvalue weighted by Gasteiger charge is 2.20. The van der Waals surface area contributed by atoms with Crippen LogP contribution in [0.25, 0.3) is 10.2 Å². The third-order valence-corrected chi connectivity index (χ3v) is 6.94. The summed E-state index contributed by atoms with van der Waals surface area (Å²) < 4.78 is 1.20. The van der Waals surface area contributed by atoms with Crippen LogP contribution in [0.2, 0.25) is 5.02 Å². The number of anilines is 3. The SMILES string of the molecule is CC(=O)Nc1cccc(NC(=O)c2sc3ncn(CC(=O)Nc4ccc(C)c(Cl)c4)c(=O)c3c2C)c1. The molecule has 9 nitrogen and oxygen atoms in total. The van der Waals surface area contributed by atoms with Crippen LogP contribution < -0.4 is 21.5 Å². The van der Waals surface area contributed by atoms with Gasteiger partial charge in [0.15, 0.2) is 0 Å². The molecule has 4 rings (SSSR count). The van der Waals surface area contributed by atoms with Crippen LogP contribution in [-0.2, 0) is 16.1 Å². The number of fused-ring (bicyclic) bond motifs is 1. The third kappa shape index (κ3) is 5.45. The molecular weight excluding hydrogens is 502 g/mol. The molecule has 3 N–H and O–H groups in total. The van der Waals surface area contributed by atoms with E-state index in [0.29, 0.717) is 37.4 Å². The highest BCUT2D eigenvalue weighted by atomic mass is 35.5. The van der Waals surface area contributed by atoms with Gasteiger partial charge in [-0.2, -0.15) is 0 Å². The molecule has 4 aromatic rings. The lowest BCUT2D eigenvalue weighted by atomic mass is 10.2. The number of thiophene rings is 1. The molecule has 0 saturated carbocycles. The summed E-state index contributed by atoms with van der Waals surface area (Å²) in [6.07, 6.45) is 1.29. The lowest BCUT2D eigenvalue weighted by molar-refractivity contribution is -0.117. The van der Waals surface area contributed by atoms with Gasteiger partial charge in [-0.25, -0.2) is 4.98 Å². The molecule has 0 bridgehead atoms. The number of halogens is 1. The highest BCUT2D eigenvalue weighted by Crippen LogP contribution is 2.28. The maximum absolute atomic E-state index is 13.1. The van der Waals surface area contributed by atoms with Gasteiger partial charge in [-0.3, -0.25) is 23.7 Å². The van der Waals surface area contributed by atoms with Crippen molar-refractivity contribution < 1.29 is 14.4 Å². The molecular formula is C25H22ClN5O4S. The molecule has 0 aliphatic heterocycles. The van der Waals surface area contributed by atoms with Gasteiger partial charge in [0.2, 0.25) is 11.8 Å². The highest BCUT2D eigenvalue weighted by molar-refractivity contribution is 7.20. The van der Waals surface area contributed by atoms with Crippen LogP contribution in [0.15, 0.2) is 53.6 Å². The summed E-state index contributed by atoms with van der Waals surface area (Å²) in [5.41, 5.74) is 2.49. The zero-order valence-corrected chi connectivity index (χ0v) is 21.2. The van der Waals surface area contributed by atoms with Gasteiger partial charge in [0.25, 0.3) is 11.5 Å². The number of benzene rings is 2. The maximum atomic E-state index is 13.1. The van der Waals surface area contributed by atoms with Crippen LogP contribution in [0.1, 0.15) is 27.7 Å². The molecule has 3 amide bonds. The minimum Gasteiger partial charge on any atom is -0.326 e. The average Bonchev–Trinajstić information content (AvgIpc) is 3.15. The van der Waals surface area contributed by atoms with Crippen LogP contribution in [0, 0.1) is 13.8 Å². The Bertz CT molecular complexity index is 1580. The van der Waals surface area contributed by atoms with Gasteiger partial charge in [-0.15, -0.1) is 11.3 Å². The van der Waals surface area contributed by atoms with Gasteiger partial charge < -0.3 is 16.0 Å². The number of nitrogens with one attached hydrogen (secondary N) is 3. The molecule has 0 radical (unpaired) electrons. The summed E-state index contributed by atoms with van der Waals surface area (Å²) in [7, 11) is 0. The molecule has 0 unspecified atom stereocenters. The van der Waals surface area contributed by atoms with Crippen LogP contribution >= 0.6 is 22.9 Å². The minimum atomic E-state index is -0.419. The fourth-order valence-electron chi connectivity index (χ4n) is 3.58. The van der Waals surface area contributed by atoms with Crippen LogP contribution in [0.5, 0.6) is 0 Å². The number of nitrogens with zero attached hydrogens (tertiary/aromatic N) is 2. The van der Waals surface area contributed by atoms with Crippen molar-refractivity contribution in [3.8, 4) is 0 Å². The van der Waals surface area contributed by atoms with E-state index < -0.39 is 17.4 Å². The maximum Gasteiger partial charge on any atom is 0.266 e. The van der Waals surface area contributed by atoms with Crippen molar-refractivity contribution in [2.24, 2.45) is 0 Å². The van der Waals surface area contributed by atoms with Crippen LogP contribution in [-0.4, -0.2) is 27.3 Å². The van der Waals surface area contributed by atoms with Crippen molar-refractivity contribution in [1.82, 2.24) is 9.55 Å². The molecule has 0 aliphatic carbocycles. The number of aryl methyl sites for hydroxylation is 2. The summed E-state index contributed by atoms with van der Waals surface area (Å²) in [5, 5.41) is 8.97. The van der Waals surface area contributed by atoms with Crippen LogP contribution in [0.3, 0.4) is 0 Å². The van der Waals surface area contributed by atoms with Crippen molar-refractivity contribution >= 4 is 67.9 Å². The first kappa shape index (κ1) is 25.1. The Morgan fingerprint density at radius 2 is 1.69 bits per heavy atom. The Morgan fingerprint density at radius 1 is 1.00 bits per heavy atom. The predicted octanol–water partition coefficient (Wildman–Crippen LogP) is 4.58. The number of hydrogen-bond acceptors (Lipinski definition) is 6. The molecule has 36 heavy (non-hydrogen) atoms. The first-order valence-corrected chi connectivity index (χ1v) is 12.1. The fraction of sp³-hybridized carbons (Fsp3) is 0.160. The first-order chi connectivity index (χ1) is 17.1. The summed E-state index contributed by atoms with van der Waals surface area (Å²) >= 11 is 7.20. The van der Waals surface area contributed by atoms with Gasteiger partial charge in [-0.05, 0) is 55.3 Å². The molecule has 0 saturated heterocycles. The van der Waals surface area contributed by atoms with Gasteiger partial charge in [0, 0.05) is 29.0 Å². The van der Waals surface area contributed by atoms with Gasteiger partial charge in [0.1, 0.15) is 11.4 Å². The molecule has 2 heterocycles. The summed E-state index contributed by atoms with van der Waals surface area (Å²) in [4.78, 5) is 55.0. The van der Waals surface area contributed by atoms with E-state index in [1.807, 2.05) is 6.92 Å². The summed E-state index contributed by atoms with van der Waals surface area (Å²) in [5.74, 6) is -1.05. The second-order valence-electron chi connectivity index (χ2n) is 8.14. The van der Waals surface area contributed by atoms with E-state index >= 15 is 0 Å². The molecule has 0 spiro atoms. The van der Waals surface area contributed by atoms with Crippen molar-refractivity contribution in [2.45, 2.75) is 27.3 Å². The van der Waals surface area contributed by atoms with Gasteiger partial charge in [0.05, 0.1) is 16.6 Å². The van der Waals surface area contributed by atoms with Gasteiger partial charge >= 0.3 is 0 Å². The molecule has 184 valence electrons. The fourth-order valence-corrected chi connectivity index (χ4v) is 4.80. The first-order valence-electron chi connectivity index (χ1n) is 10.9. The number of aromatic nitrogens is 2. The minimum absolute atomic E-state index is 0.225. The van der Waals surface area contributed by atoms with Crippen molar-refractivity contribution in [1.29, 1.82) is 0 Å². The summed E-state index contributed by atoms with van der Waals surface area (Å²) in [6.45, 7) is 4.67. The normalized spacial score (nSPS) is 10.8. The van der Waals surface area contributed by atoms with Crippen molar-refractivity contribution in [3.05, 3.63) is 80.2 Å². The Morgan fingerprint density at radius 3 is 2.39 bits per heavy atom. The van der Waals surface area contributed by atoms with E-state index in [0.717, 1.165) is 16.9 Å². The number of amides is 3. The number of carbonyl (C=O) groups is 3. The van der Waals surface area contributed by atoms with E-state index in [-0.39, 0.29) is 17.8 Å². The van der Waals surface area contributed by atoms with E-state index in [9.17, 15) is 19.2 Å². The van der Waals surface area contributed by atoms with Crippen molar-refractivity contribution in [2.75, 3.05) is 16.0 Å². The van der Waals surface area contributed by atoms with Gasteiger partial charge in [-0.1, -0.05) is 23.7 Å². The largest absolute Gasteiger partial charge is 0.326 e. The van der Waals surface area contributed by atoms with E-state index in [1.165, 1.54) is 17.8 Å². The molecule has 0 aliphatic rings. The standard InChI is InChI=1S/C25H22ClN5O4S/c1-13-7-8-18(10-19(13)26)29-20(33)11-31-12-27-24-21(25(31)35)14(2)22(36-24)23(34)30-17-6-4-5-16(9-17)28-15(3)32/h4-10,12H,11H2,1-3H3,(H,28,32)(H,29,33)(H,30,34). The molecule has 2 aromatic carbocycles. The zero-order chi connectivity index (χ0) is 26.0. The number of carbonyl (C=O) groups excluding carboxylic acids is 3. The van der Waals surface area contributed by atoms with Crippen LogP contribution in [0.4, 0.5) is 17.1 Å². The zero-order valence-electron chi connectivity index (χ0n) is 19.6. The Balaban J connectivity index is 1.55. The second-order valence-corrected chi connectivity index (χ2v) is 9.55. The number of rotatable bonds is 6. The van der Waals surface area contributed by atoms with E-state index in [4.69, 9.17) is 11.6 Å². The molecule has 0 fully saturated rings. The monoisotopic (exact) mass is 523 g/mol. The quantitative estimate of drug-likeness (QED) is 0.341. The lowest BCUT2D eigenvalue weighted by Crippen LogP contribution is -2.28. The number of hydrogen-bond donors (Lipinski definition) is 3. The average molecular weight is 524 g/mol. The Kier molecular flexibility index (Phi) is 7.18.